The molecule has 1 atom stereocenters. The van der Waals surface area contributed by atoms with Crippen LogP contribution in [0.2, 0.25) is 0 Å². The number of carbonyl (C=O) groups is 2. The Kier molecular flexibility index (Phi) is 5.02. The maximum atomic E-state index is 11.8. The van der Waals surface area contributed by atoms with Crippen molar-refractivity contribution in [1.82, 2.24) is 20.3 Å². The van der Waals surface area contributed by atoms with Gasteiger partial charge in [0, 0.05) is 7.05 Å². The third-order valence-electron chi connectivity index (χ3n) is 2.66. The third kappa shape index (κ3) is 3.52. The molecule has 1 unspecified atom stereocenters. The highest BCUT2D eigenvalue weighted by molar-refractivity contribution is 5.88. The number of rotatable bonds is 5. The molecule has 1 aromatic heterocycles. The predicted octanol–water partition coefficient (Wildman–Crippen LogP) is 0.706. The Hall–Kier alpha value is -1.92. The molecule has 1 aromatic rings. The number of nitrogens with one attached hydrogen (secondary N) is 1. The van der Waals surface area contributed by atoms with Gasteiger partial charge < -0.3 is 10.1 Å². The molecule has 0 aromatic carbocycles. The molecule has 0 saturated carbocycles. The van der Waals surface area contributed by atoms with Crippen LogP contribution >= 0.6 is 0 Å². The molecule has 0 radical (unpaired) electrons. The monoisotopic (exact) mass is 268 g/mol. The fourth-order valence-electron chi connectivity index (χ4n) is 1.53. The van der Waals surface area contributed by atoms with E-state index in [4.69, 9.17) is 4.74 Å². The fourth-order valence-corrected chi connectivity index (χ4v) is 1.53. The van der Waals surface area contributed by atoms with E-state index in [1.165, 1.54) is 4.68 Å². The predicted molar refractivity (Wildman–Crippen MR) is 68.7 cm³/mol. The van der Waals surface area contributed by atoms with E-state index >= 15 is 0 Å². The van der Waals surface area contributed by atoms with Crippen LogP contribution in [0.1, 0.15) is 43.0 Å². The second kappa shape index (κ2) is 6.31. The van der Waals surface area contributed by atoms with E-state index in [1.807, 2.05) is 13.8 Å². The van der Waals surface area contributed by atoms with Crippen LogP contribution < -0.4 is 5.32 Å². The summed E-state index contributed by atoms with van der Waals surface area (Å²) in [6.07, 6.45) is 0. The summed E-state index contributed by atoms with van der Waals surface area (Å²) in [6.45, 7) is 7.60. The molecule has 0 bridgehead atoms. The van der Waals surface area contributed by atoms with Gasteiger partial charge in [0.15, 0.2) is 5.69 Å². The average molecular weight is 268 g/mol. The largest absolute Gasteiger partial charge is 0.461 e. The molecule has 106 valence electrons. The lowest BCUT2D eigenvalue weighted by atomic mass is 10.2. The summed E-state index contributed by atoms with van der Waals surface area (Å²) in [6, 6.07) is -0.524. The Bertz CT molecular complexity index is 468. The van der Waals surface area contributed by atoms with Crippen molar-refractivity contribution in [1.29, 1.82) is 0 Å². The number of likely N-dealkylation sites (N-methyl/N-ethyl adjacent to an activating group) is 1. The van der Waals surface area contributed by atoms with Gasteiger partial charge >= 0.3 is 5.97 Å². The Morgan fingerprint density at radius 1 is 1.37 bits per heavy atom. The highest BCUT2D eigenvalue weighted by Gasteiger charge is 2.23. The molecule has 7 heteroatoms. The van der Waals surface area contributed by atoms with Crippen LogP contribution in [-0.4, -0.2) is 40.5 Å². The number of amides is 1. The molecule has 19 heavy (non-hydrogen) atoms. The smallest absolute Gasteiger partial charge is 0.360 e. The van der Waals surface area contributed by atoms with Gasteiger partial charge in [0.25, 0.3) is 0 Å². The first-order chi connectivity index (χ1) is 8.88. The number of carbonyl (C=O) groups excluding carboxylic acids is 2. The van der Waals surface area contributed by atoms with Crippen LogP contribution in [0, 0.1) is 12.8 Å². The van der Waals surface area contributed by atoms with Crippen LogP contribution in [0.15, 0.2) is 0 Å². The Balaban J connectivity index is 2.86. The van der Waals surface area contributed by atoms with Crippen LogP contribution in [0.3, 0.4) is 0 Å². The minimum Gasteiger partial charge on any atom is -0.461 e. The van der Waals surface area contributed by atoms with Crippen molar-refractivity contribution >= 4 is 11.9 Å². The molecule has 7 nitrogen and oxygen atoms in total. The number of nitrogens with zero attached hydrogens (tertiary/aromatic N) is 3. The van der Waals surface area contributed by atoms with E-state index in [0.29, 0.717) is 12.3 Å². The van der Waals surface area contributed by atoms with Gasteiger partial charge in [-0.3, -0.25) is 4.79 Å². The summed E-state index contributed by atoms with van der Waals surface area (Å²) in [5.41, 5.74) is 0.668. The van der Waals surface area contributed by atoms with Crippen molar-refractivity contribution < 1.29 is 14.3 Å². The van der Waals surface area contributed by atoms with Gasteiger partial charge in [-0.05, 0) is 19.8 Å². The zero-order valence-corrected chi connectivity index (χ0v) is 11.9. The molecule has 1 amide bonds. The van der Waals surface area contributed by atoms with E-state index in [0.717, 1.165) is 0 Å². The van der Waals surface area contributed by atoms with Crippen molar-refractivity contribution in [2.45, 2.75) is 33.7 Å². The lowest BCUT2D eigenvalue weighted by Crippen LogP contribution is -2.29. The van der Waals surface area contributed by atoms with Gasteiger partial charge in [-0.2, -0.15) is 0 Å². The van der Waals surface area contributed by atoms with Crippen LogP contribution in [0.4, 0.5) is 0 Å². The van der Waals surface area contributed by atoms with E-state index < -0.39 is 12.0 Å². The Labute approximate surface area is 112 Å². The average Bonchev–Trinajstić information content (AvgIpc) is 2.75. The van der Waals surface area contributed by atoms with Crippen LogP contribution in [-0.2, 0) is 9.53 Å². The van der Waals surface area contributed by atoms with Gasteiger partial charge in [-0.1, -0.05) is 19.1 Å². The standard InChI is InChI=1S/C12H20N4O3/c1-7(2)6-19-12(18)10-8(3)16(15-14-10)9(4)11(17)13-5/h7,9H,6H2,1-5H3,(H,13,17). The van der Waals surface area contributed by atoms with Gasteiger partial charge in [-0.25, -0.2) is 9.48 Å². The second-order valence-corrected chi connectivity index (χ2v) is 4.75. The minimum atomic E-state index is -0.524. The van der Waals surface area contributed by atoms with Gasteiger partial charge in [-0.15, -0.1) is 5.10 Å². The van der Waals surface area contributed by atoms with Gasteiger partial charge in [0.1, 0.15) is 6.04 Å². The topological polar surface area (TPSA) is 86.1 Å². The quantitative estimate of drug-likeness (QED) is 0.795. The normalized spacial score (nSPS) is 12.3. The van der Waals surface area contributed by atoms with Crippen molar-refractivity contribution in [2.24, 2.45) is 5.92 Å². The number of hydrogen-bond acceptors (Lipinski definition) is 5. The highest BCUT2D eigenvalue weighted by atomic mass is 16.5. The molecule has 0 spiro atoms. The summed E-state index contributed by atoms with van der Waals surface area (Å²) in [5, 5.41) is 10.2. The minimum absolute atomic E-state index is 0.149. The number of ether oxygens (including phenoxy) is 1. The van der Waals surface area contributed by atoms with E-state index in [2.05, 4.69) is 15.6 Å². The molecular formula is C12H20N4O3. The van der Waals surface area contributed by atoms with Gasteiger partial charge in [0.2, 0.25) is 5.91 Å². The summed E-state index contributed by atoms with van der Waals surface area (Å²) in [7, 11) is 1.54. The molecule has 0 saturated heterocycles. The zero-order valence-electron chi connectivity index (χ0n) is 11.9. The fraction of sp³-hybridized carbons (Fsp3) is 0.667. The molecule has 1 rings (SSSR count). The van der Waals surface area contributed by atoms with Crippen molar-refractivity contribution in [3.05, 3.63) is 11.4 Å². The zero-order chi connectivity index (χ0) is 14.6. The maximum Gasteiger partial charge on any atom is 0.360 e. The number of hydrogen-bond donors (Lipinski definition) is 1. The molecule has 0 aliphatic carbocycles. The van der Waals surface area contributed by atoms with E-state index in [1.54, 1.807) is 20.9 Å². The first kappa shape index (κ1) is 15.1. The SMILES string of the molecule is CNC(=O)C(C)n1nnc(C(=O)OCC(C)C)c1C. The van der Waals surface area contributed by atoms with E-state index in [-0.39, 0.29) is 17.5 Å². The number of esters is 1. The lowest BCUT2D eigenvalue weighted by Gasteiger charge is -2.11. The molecule has 1 N–H and O–H groups in total. The van der Waals surface area contributed by atoms with E-state index in [9.17, 15) is 9.59 Å². The van der Waals surface area contributed by atoms with Crippen molar-refractivity contribution in [3.63, 3.8) is 0 Å². The Morgan fingerprint density at radius 3 is 2.53 bits per heavy atom. The highest BCUT2D eigenvalue weighted by Crippen LogP contribution is 2.12. The first-order valence-electron chi connectivity index (χ1n) is 6.19. The molecular weight excluding hydrogens is 248 g/mol. The second-order valence-electron chi connectivity index (χ2n) is 4.75. The molecule has 0 aliphatic rings. The first-order valence-corrected chi connectivity index (χ1v) is 6.19. The summed E-state index contributed by atoms with van der Waals surface area (Å²) in [4.78, 5) is 23.3. The van der Waals surface area contributed by atoms with Crippen molar-refractivity contribution in [3.8, 4) is 0 Å². The molecule has 0 fully saturated rings. The molecule has 0 aliphatic heterocycles. The summed E-state index contributed by atoms with van der Waals surface area (Å²) >= 11 is 0. The molecule has 1 heterocycles. The van der Waals surface area contributed by atoms with Crippen LogP contribution in [0.25, 0.3) is 0 Å². The van der Waals surface area contributed by atoms with Crippen LogP contribution in [0.5, 0.6) is 0 Å². The summed E-state index contributed by atoms with van der Waals surface area (Å²) < 4.78 is 6.50. The maximum absolute atomic E-state index is 11.8. The van der Waals surface area contributed by atoms with Crippen molar-refractivity contribution in [2.75, 3.05) is 13.7 Å². The van der Waals surface area contributed by atoms with Gasteiger partial charge in [0.05, 0.1) is 12.3 Å². The summed E-state index contributed by atoms with van der Waals surface area (Å²) in [5.74, 6) is -0.458. The number of aromatic nitrogens is 3. The lowest BCUT2D eigenvalue weighted by molar-refractivity contribution is -0.123. The third-order valence-corrected chi connectivity index (χ3v) is 2.66. The Morgan fingerprint density at radius 2 is 2.00 bits per heavy atom.